The molecule has 3 aromatic carbocycles. The van der Waals surface area contributed by atoms with Crippen molar-refractivity contribution < 1.29 is 19.4 Å². The minimum atomic E-state index is -0.655. The molecule has 1 saturated heterocycles. The van der Waals surface area contributed by atoms with Crippen molar-refractivity contribution in [3.8, 4) is 0 Å². The van der Waals surface area contributed by atoms with E-state index in [0.717, 1.165) is 22.8 Å². The van der Waals surface area contributed by atoms with E-state index >= 15 is 0 Å². The van der Waals surface area contributed by atoms with Crippen molar-refractivity contribution in [3.05, 3.63) is 89.0 Å². The Labute approximate surface area is 187 Å². The quantitative estimate of drug-likeness (QED) is 0.252. The van der Waals surface area contributed by atoms with E-state index in [1.54, 1.807) is 18.1 Å². The van der Waals surface area contributed by atoms with Gasteiger partial charge in [-0.2, -0.15) is 0 Å². The molecule has 164 valence electrons. The highest BCUT2D eigenvalue weighted by Crippen LogP contribution is 2.40. The van der Waals surface area contributed by atoms with Crippen LogP contribution in [0.3, 0.4) is 0 Å². The van der Waals surface area contributed by atoms with E-state index in [2.05, 4.69) is 6.92 Å². The van der Waals surface area contributed by atoms with Gasteiger partial charge in [0.05, 0.1) is 11.6 Å². The molecule has 0 aliphatic carbocycles. The molecule has 32 heavy (non-hydrogen) atoms. The van der Waals surface area contributed by atoms with E-state index in [1.165, 1.54) is 5.56 Å². The molecule has 0 aromatic heterocycles. The van der Waals surface area contributed by atoms with E-state index in [1.807, 2.05) is 60.7 Å². The van der Waals surface area contributed by atoms with Crippen molar-refractivity contribution in [1.29, 1.82) is 0 Å². The standard InChI is InChI=1S/C27H27NO4/c1-3-18-12-14-20(15-13-18)24-23(26(30)27(31)28(24)16-7-17-32-2)25(29)22-11-6-9-19-8-4-5-10-21(19)22/h4-6,8-15,24,29H,3,7,16-17H2,1-2H3/b25-23-. The van der Waals surface area contributed by atoms with Gasteiger partial charge in [0.15, 0.2) is 0 Å². The number of hydrogen-bond acceptors (Lipinski definition) is 4. The zero-order valence-electron chi connectivity index (χ0n) is 18.4. The number of carbonyl (C=O) groups excluding carboxylic acids is 2. The van der Waals surface area contributed by atoms with Crippen molar-refractivity contribution in [2.45, 2.75) is 25.8 Å². The molecule has 0 bridgehead atoms. The third-order valence-electron chi connectivity index (χ3n) is 6.04. The van der Waals surface area contributed by atoms with Crippen LogP contribution in [0.4, 0.5) is 0 Å². The summed E-state index contributed by atoms with van der Waals surface area (Å²) in [6, 6.07) is 20.5. The van der Waals surface area contributed by atoms with Crippen LogP contribution in [-0.4, -0.2) is 42.0 Å². The van der Waals surface area contributed by atoms with Gasteiger partial charge in [-0.3, -0.25) is 9.59 Å². The van der Waals surface area contributed by atoms with E-state index in [4.69, 9.17) is 4.74 Å². The van der Waals surface area contributed by atoms with Gasteiger partial charge in [0.25, 0.3) is 11.7 Å². The molecule has 1 unspecified atom stereocenters. The summed E-state index contributed by atoms with van der Waals surface area (Å²) >= 11 is 0. The summed E-state index contributed by atoms with van der Waals surface area (Å²) in [4.78, 5) is 27.7. The lowest BCUT2D eigenvalue weighted by atomic mass is 9.93. The SMILES string of the molecule is CCc1ccc(C2/C(=C(/O)c3cccc4ccccc34)C(=O)C(=O)N2CCCOC)cc1. The molecule has 0 spiro atoms. The summed E-state index contributed by atoms with van der Waals surface area (Å²) in [6.07, 6.45) is 1.49. The van der Waals surface area contributed by atoms with Crippen LogP contribution in [0.15, 0.2) is 72.3 Å². The lowest BCUT2D eigenvalue weighted by Gasteiger charge is -2.25. The number of carbonyl (C=O) groups is 2. The van der Waals surface area contributed by atoms with Gasteiger partial charge in [0.2, 0.25) is 0 Å². The van der Waals surface area contributed by atoms with Crippen molar-refractivity contribution in [1.82, 2.24) is 4.90 Å². The van der Waals surface area contributed by atoms with Crippen molar-refractivity contribution in [2.75, 3.05) is 20.3 Å². The van der Waals surface area contributed by atoms with Crippen LogP contribution >= 0.6 is 0 Å². The molecular formula is C27H27NO4. The van der Waals surface area contributed by atoms with Crippen LogP contribution in [-0.2, 0) is 20.7 Å². The number of benzene rings is 3. The lowest BCUT2D eigenvalue weighted by Crippen LogP contribution is -2.31. The molecule has 4 rings (SSSR count). The Balaban J connectivity index is 1.88. The third kappa shape index (κ3) is 3.92. The van der Waals surface area contributed by atoms with E-state index in [9.17, 15) is 14.7 Å². The smallest absolute Gasteiger partial charge is 0.295 e. The lowest BCUT2D eigenvalue weighted by molar-refractivity contribution is -0.140. The molecule has 0 radical (unpaired) electrons. The van der Waals surface area contributed by atoms with Crippen molar-refractivity contribution in [2.24, 2.45) is 0 Å². The summed E-state index contributed by atoms with van der Waals surface area (Å²) in [5, 5.41) is 13.2. The van der Waals surface area contributed by atoms with Gasteiger partial charge in [-0.25, -0.2) is 0 Å². The van der Waals surface area contributed by atoms with E-state index < -0.39 is 17.7 Å². The van der Waals surface area contributed by atoms with Gasteiger partial charge in [0, 0.05) is 25.8 Å². The maximum atomic E-state index is 13.2. The van der Waals surface area contributed by atoms with Crippen LogP contribution in [0.5, 0.6) is 0 Å². The topological polar surface area (TPSA) is 66.8 Å². The van der Waals surface area contributed by atoms with Crippen LogP contribution in [0, 0.1) is 0 Å². The Morgan fingerprint density at radius 3 is 2.44 bits per heavy atom. The first-order valence-electron chi connectivity index (χ1n) is 10.9. The monoisotopic (exact) mass is 429 g/mol. The number of methoxy groups -OCH3 is 1. The second-order valence-corrected chi connectivity index (χ2v) is 7.96. The summed E-state index contributed by atoms with van der Waals surface area (Å²) < 4.78 is 5.14. The highest BCUT2D eigenvalue weighted by atomic mass is 16.5. The average Bonchev–Trinajstić information content (AvgIpc) is 3.08. The highest BCUT2D eigenvalue weighted by Gasteiger charge is 2.45. The predicted octanol–water partition coefficient (Wildman–Crippen LogP) is 4.86. The van der Waals surface area contributed by atoms with Gasteiger partial charge in [-0.1, -0.05) is 73.7 Å². The van der Waals surface area contributed by atoms with Crippen LogP contribution < -0.4 is 0 Å². The van der Waals surface area contributed by atoms with Crippen molar-refractivity contribution in [3.63, 3.8) is 0 Å². The second-order valence-electron chi connectivity index (χ2n) is 7.96. The maximum absolute atomic E-state index is 13.2. The van der Waals surface area contributed by atoms with Crippen LogP contribution in [0.2, 0.25) is 0 Å². The zero-order valence-corrected chi connectivity index (χ0v) is 18.4. The number of likely N-dealkylation sites (tertiary alicyclic amines) is 1. The fourth-order valence-electron chi connectivity index (χ4n) is 4.35. The van der Waals surface area contributed by atoms with Gasteiger partial charge >= 0.3 is 0 Å². The molecule has 0 saturated carbocycles. The number of nitrogens with zero attached hydrogens (tertiary/aromatic N) is 1. The van der Waals surface area contributed by atoms with Crippen LogP contribution in [0.1, 0.15) is 36.1 Å². The molecule has 5 heteroatoms. The predicted molar refractivity (Wildman–Crippen MR) is 125 cm³/mol. The number of ether oxygens (including phenoxy) is 1. The van der Waals surface area contributed by atoms with Gasteiger partial charge in [-0.15, -0.1) is 0 Å². The highest BCUT2D eigenvalue weighted by molar-refractivity contribution is 6.46. The minimum absolute atomic E-state index is 0.132. The molecule has 1 N–H and O–H groups in total. The summed E-state index contributed by atoms with van der Waals surface area (Å²) in [5.41, 5.74) is 2.65. The number of aliphatic hydroxyl groups excluding tert-OH is 1. The molecule has 1 atom stereocenters. The fourth-order valence-corrected chi connectivity index (χ4v) is 4.35. The van der Waals surface area contributed by atoms with Gasteiger partial charge in [-0.05, 0) is 34.7 Å². The number of ketones is 1. The number of amides is 1. The van der Waals surface area contributed by atoms with Gasteiger partial charge < -0.3 is 14.7 Å². The zero-order chi connectivity index (χ0) is 22.7. The minimum Gasteiger partial charge on any atom is -0.507 e. The number of hydrogen-bond donors (Lipinski definition) is 1. The molecule has 1 heterocycles. The Kier molecular flexibility index (Phi) is 6.37. The molecule has 3 aromatic rings. The molecule has 1 fully saturated rings. The first-order chi connectivity index (χ1) is 15.6. The molecule has 1 aliphatic rings. The summed E-state index contributed by atoms with van der Waals surface area (Å²) in [6.45, 7) is 2.92. The third-order valence-corrected chi connectivity index (χ3v) is 6.04. The Morgan fingerprint density at radius 2 is 1.72 bits per heavy atom. The molecule has 5 nitrogen and oxygen atoms in total. The summed E-state index contributed by atoms with van der Waals surface area (Å²) in [5.74, 6) is -1.39. The number of fused-ring (bicyclic) bond motifs is 1. The van der Waals surface area contributed by atoms with E-state index in [-0.39, 0.29) is 11.3 Å². The Bertz CT molecular complexity index is 1170. The second kappa shape index (κ2) is 9.37. The number of aliphatic hydroxyl groups is 1. The number of Topliss-reactive ketones (excluding diaryl/α,β-unsaturated/α-hetero) is 1. The summed E-state index contributed by atoms with van der Waals surface area (Å²) in [7, 11) is 1.61. The largest absolute Gasteiger partial charge is 0.507 e. The maximum Gasteiger partial charge on any atom is 0.295 e. The number of aryl methyl sites for hydroxylation is 1. The average molecular weight is 430 g/mol. The molecule has 1 amide bonds. The first kappa shape index (κ1) is 21.8. The number of rotatable bonds is 7. The molecular weight excluding hydrogens is 402 g/mol. The van der Waals surface area contributed by atoms with Crippen LogP contribution in [0.25, 0.3) is 16.5 Å². The molecule has 1 aliphatic heterocycles. The van der Waals surface area contributed by atoms with Crippen molar-refractivity contribution >= 4 is 28.2 Å². The van der Waals surface area contributed by atoms with E-state index in [0.29, 0.717) is 25.1 Å². The Morgan fingerprint density at radius 1 is 1.00 bits per heavy atom. The first-order valence-corrected chi connectivity index (χ1v) is 10.9. The fraction of sp³-hybridized carbons (Fsp3) is 0.259. The van der Waals surface area contributed by atoms with Gasteiger partial charge in [0.1, 0.15) is 5.76 Å². The normalized spacial score (nSPS) is 17.9. The Hall–Kier alpha value is -3.44.